The number of aromatic amines is 1. The molecule has 5 rings (SSSR count). The Hall–Kier alpha value is -5.12. The number of fused-ring (bicyclic) bond motifs is 1. The number of carbonyl (C=O) groups is 1. The molecule has 0 aliphatic heterocycles. The number of methoxy groups -OCH3 is 2. The van der Waals surface area contributed by atoms with Crippen LogP contribution in [0, 0.1) is 5.82 Å². The molecule has 0 unspecified atom stereocenters. The number of rotatable bonds is 7. The highest BCUT2D eigenvalue weighted by atomic mass is 19.1. The smallest absolute Gasteiger partial charge is 0.273 e. The Morgan fingerprint density at radius 1 is 0.919 bits per heavy atom. The van der Waals surface area contributed by atoms with E-state index in [0.29, 0.717) is 33.8 Å². The summed E-state index contributed by atoms with van der Waals surface area (Å²) in [5.41, 5.74) is 0.877. The van der Waals surface area contributed by atoms with Gasteiger partial charge in [0, 0.05) is 29.3 Å². The van der Waals surface area contributed by atoms with Gasteiger partial charge in [0.1, 0.15) is 11.6 Å². The number of aromatic nitrogens is 3. The van der Waals surface area contributed by atoms with Crippen molar-refractivity contribution in [3.8, 4) is 28.7 Å². The van der Waals surface area contributed by atoms with Crippen LogP contribution in [0.1, 0.15) is 10.4 Å². The van der Waals surface area contributed by atoms with Crippen molar-refractivity contribution in [1.29, 1.82) is 0 Å². The number of anilines is 1. The number of carbonyl (C=O) groups excluding carboxylic acids is 1. The van der Waals surface area contributed by atoms with Crippen LogP contribution in [0.3, 0.4) is 0 Å². The van der Waals surface area contributed by atoms with Gasteiger partial charge in [0.15, 0.2) is 23.1 Å². The third-order valence-electron chi connectivity index (χ3n) is 5.60. The van der Waals surface area contributed by atoms with E-state index in [0.717, 1.165) is 6.07 Å². The number of benzene rings is 3. The molecule has 0 aliphatic rings. The summed E-state index contributed by atoms with van der Waals surface area (Å²) in [6.07, 6.45) is 1.53. The lowest BCUT2D eigenvalue weighted by atomic mass is 10.1. The fourth-order valence-electron chi connectivity index (χ4n) is 3.80. The first kappa shape index (κ1) is 23.6. The van der Waals surface area contributed by atoms with E-state index in [1.807, 2.05) is 6.07 Å². The second kappa shape index (κ2) is 9.86. The van der Waals surface area contributed by atoms with Gasteiger partial charge in [0.05, 0.1) is 25.4 Å². The van der Waals surface area contributed by atoms with Gasteiger partial charge in [0.2, 0.25) is 0 Å². The number of nitrogens with zero attached hydrogens (tertiary/aromatic N) is 2. The van der Waals surface area contributed by atoms with E-state index in [1.54, 1.807) is 42.5 Å². The number of pyridine rings is 1. The van der Waals surface area contributed by atoms with Crippen LogP contribution in [-0.4, -0.2) is 34.9 Å². The Labute approximate surface area is 210 Å². The van der Waals surface area contributed by atoms with E-state index in [4.69, 9.17) is 14.2 Å². The Morgan fingerprint density at radius 3 is 2.41 bits per heavy atom. The van der Waals surface area contributed by atoms with Crippen molar-refractivity contribution in [2.24, 2.45) is 0 Å². The van der Waals surface area contributed by atoms with Crippen LogP contribution < -0.4 is 25.1 Å². The lowest BCUT2D eigenvalue weighted by molar-refractivity contribution is 0.102. The molecule has 0 saturated heterocycles. The summed E-state index contributed by atoms with van der Waals surface area (Å²) in [5, 5.41) is 5.99. The average molecular weight is 500 g/mol. The number of ether oxygens (including phenoxy) is 3. The van der Waals surface area contributed by atoms with Crippen LogP contribution in [0.15, 0.2) is 83.8 Å². The first-order valence-corrected chi connectivity index (χ1v) is 11.1. The van der Waals surface area contributed by atoms with Gasteiger partial charge in [-0.25, -0.2) is 9.07 Å². The van der Waals surface area contributed by atoms with Crippen molar-refractivity contribution >= 4 is 22.6 Å². The summed E-state index contributed by atoms with van der Waals surface area (Å²) >= 11 is 0. The van der Waals surface area contributed by atoms with Crippen molar-refractivity contribution in [2.75, 3.05) is 19.5 Å². The first-order chi connectivity index (χ1) is 18.0. The molecular weight excluding hydrogens is 479 g/mol. The predicted molar refractivity (Wildman–Crippen MR) is 136 cm³/mol. The zero-order chi connectivity index (χ0) is 25.9. The Morgan fingerprint density at radius 2 is 1.68 bits per heavy atom. The highest BCUT2D eigenvalue weighted by Crippen LogP contribution is 2.37. The van der Waals surface area contributed by atoms with Crippen molar-refractivity contribution in [3.63, 3.8) is 0 Å². The SMILES string of the molecule is COc1cc2nccc(Oc3ccc(C(=O)Nc4cc(=O)n(-c5ccccc5)[nH]4)cc3F)c2cc1OC. The minimum Gasteiger partial charge on any atom is -0.493 e. The number of hydrogen-bond donors (Lipinski definition) is 2. The molecule has 0 spiro atoms. The Kier molecular flexibility index (Phi) is 6.29. The highest BCUT2D eigenvalue weighted by Gasteiger charge is 2.16. The fourth-order valence-corrected chi connectivity index (χ4v) is 3.80. The molecule has 3 aromatic carbocycles. The quantitative estimate of drug-likeness (QED) is 0.329. The van der Waals surface area contributed by atoms with Gasteiger partial charge in [-0.15, -0.1) is 0 Å². The third kappa shape index (κ3) is 4.72. The molecule has 10 heteroatoms. The molecule has 0 saturated carbocycles. The highest BCUT2D eigenvalue weighted by molar-refractivity contribution is 6.03. The van der Waals surface area contributed by atoms with Gasteiger partial charge in [-0.2, -0.15) is 0 Å². The van der Waals surface area contributed by atoms with E-state index < -0.39 is 11.7 Å². The molecule has 0 bridgehead atoms. The number of amides is 1. The van der Waals surface area contributed by atoms with E-state index in [9.17, 15) is 14.0 Å². The molecule has 186 valence electrons. The number of para-hydroxylation sites is 1. The molecule has 37 heavy (non-hydrogen) atoms. The predicted octanol–water partition coefficient (Wildman–Crippen LogP) is 4.91. The third-order valence-corrected chi connectivity index (χ3v) is 5.60. The van der Waals surface area contributed by atoms with Crippen molar-refractivity contribution in [3.05, 3.63) is 101 Å². The maximum atomic E-state index is 15.0. The molecule has 1 amide bonds. The summed E-state index contributed by atoms with van der Waals surface area (Å²) in [7, 11) is 3.03. The van der Waals surface area contributed by atoms with E-state index in [-0.39, 0.29) is 22.7 Å². The molecule has 5 aromatic rings. The van der Waals surface area contributed by atoms with Crippen LogP contribution in [0.25, 0.3) is 16.6 Å². The standard InChI is InChI=1S/C27H21FN4O5/c1-35-23-13-18-20(14-24(23)36-2)29-11-10-21(18)37-22-9-8-16(12-19(22)28)27(34)30-25-15-26(33)32(31-25)17-6-4-3-5-7-17/h3-15,31H,1-2H3,(H,30,34). The van der Waals surface area contributed by atoms with Crippen LogP contribution in [0.2, 0.25) is 0 Å². The maximum Gasteiger partial charge on any atom is 0.273 e. The van der Waals surface area contributed by atoms with Crippen LogP contribution in [0.5, 0.6) is 23.0 Å². The van der Waals surface area contributed by atoms with Crippen molar-refractivity contribution < 1.29 is 23.4 Å². The number of nitrogens with one attached hydrogen (secondary N) is 2. The molecule has 2 aromatic heterocycles. The number of halogens is 1. The molecule has 0 aliphatic carbocycles. The number of H-pyrrole nitrogens is 1. The first-order valence-electron chi connectivity index (χ1n) is 11.1. The molecule has 0 radical (unpaired) electrons. The second-order valence-corrected chi connectivity index (χ2v) is 7.91. The summed E-state index contributed by atoms with van der Waals surface area (Å²) < 4.78 is 32.7. The summed E-state index contributed by atoms with van der Waals surface area (Å²) in [4.78, 5) is 29.3. The lowest BCUT2D eigenvalue weighted by Gasteiger charge is -2.13. The number of hydrogen-bond acceptors (Lipinski definition) is 6. The van der Waals surface area contributed by atoms with Crippen LogP contribution in [0.4, 0.5) is 10.2 Å². The zero-order valence-corrected chi connectivity index (χ0v) is 19.8. The Bertz CT molecular complexity index is 1660. The molecule has 0 atom stereocenters. The summed E-state index contributed by atoms with van der Waals surface area (Å²) in [6, 6.07) is 19.0. The maximum absolute atomic E-state index is 15.0. The van der Waals surface area contributed by atoms with Gasteiger partial charge in [-0.1, -0.05) is 18.2 Å². The van der Waals surface area contributed by atoms with Crippen LogP contribution >= 0.6 is 0 Å². The van der Waals surface area contributed by atoms with E-state index in [1.165, 1.54) is 43.3 Å². The van der Waals surface area contributed by atoms with Gasteiger partial charge < -0.3 is 19.5 Å². The minimum atomic E-state index is -0.742. The van der Waals surface area contributed by atoms with Gasteiger partial charge >= 0.3 is 0 Å². The monoisotopic (exact) mass is 500 g/mol. The molecule has 2 N–H and O–H groups in total. The summed E-state index contributed by atoms with van der Waals surface area (Å²) in [5.74, 6) is 0.0734. The topological polar surface area (TPSA) is 107 Å². The lowest BCUT2D eigenvalue weighted by Crippen LogP contribution is -2.14. The largest absolute Gasteiger partial charge is 0.493 e. The van der Waals surface area contributed by atoms with Gasteiger partial charge in [0.25, 0.3) is 11.5 Å². The fraction of sp³-hybridized carbons (Fsp3) is 0.0741. The van der Waals surface area contributed by atoms with Crippen molar-refractivity contribution in [1.82, 2.24) is 14.8 Å². The zero-order valence-electron chi connectivity index (χ0n) is 19.8. The average Bonchev–Trinajstić information content (AvgIpc) is 3.29. The van der Waals surface area contributed by atoms with Gasteiger partial charge in [-0.3, -0.25) is 19.7 Å². The Balaban J connectivity index is 1.37. The van der Waals surface area contributed by atoms with E-state index >= 15 is 0 Å². The van der Waals surface area contributed by atoms with Crippen molar-refractivity contribution in [2.45, 2.75) is 0 Å². The van der Waals surface area contributed by atoms with E-state index in [2.05, 4.69) is 15.4 Å². The second-order valence-electron chi connectivity index (χ2n) is 7.91. The molecule has 2 heterocycles. The van der Waals surface area contributed by atoms with Gasteiger partial charge in [-0.05, 0) is 42.5 Å². The molecular formula is C27H21FN4O5. The van der Waals surface area contributed by atoms with Crippen LogP contribution in [-0.2, 0) is 0 Å². The normalized spacial score (nSPS) is 10.8. The minimum absolute atomic E-state index is 0.0455. The summed E-state index contributed by atoms with van der Waals surface area (Å²) in [6.45, 7) is 0. The molecule has 9 nitrogen and oxygen atoms in total. The molecule has 0 fully saturated rings.